The number of nitrogen functional groups attached to an aromatic ring is 1. The molecule has 6 heteroatoms. The van der Waals surface area contributed by atoms with E-state index in [1.807, 2.05) is 13.2 Å². The number of amides is 1. The Kier molecular flexibility index (Phi) is 5.18. The smallest absolute Gasteiger partial charge is 0.271 e. The summed E-state index contributed by atoms with van der Waals surface area (Å²) in [5.74, 6) is 0.904. The number of aromatic nitrogens is 2. The Labute approximate surface area is 99.8 Å². The molecule has 1 amide bonds. The third kappa shape index (κ3) is 3.16. The van der Waals surface area contributed by atoms with Crippen molar-refractivity contribution in [1.82, 2.24) is 15.1 Å². The van der Waals surface area contributed by atoms with Gasteiger partial charge < -0.3 is 11.1 Å². The first-order valence-electron chi connectivity index (χ1n) is 5.29. The highest BCUT2D eigenvalue weighted by atomic mass is 32.2. The molecule has 0 radical (unpaired) electrons. The highest BCUT2D eigenvalue weighted by molar-refractivity contribution is 7.98. The second-order valence-corrected chi connectivity index (χ2v) is 4.35. The molecule has 0 unspecified atom stereocenters. The van der Waals surface area contributed by atoms with Crippen LogP contribution in [-0.2, 0) is 6.54 Å². The van der Waals surface area contributed by atoms with Crippen LogP contribution in [-0.4, -0.2) is 34.2 Å². The lowest BCUT2D eigenvalue weighted by Crippen LogP contribution is -2.28. The summed E-state index contributed by atoms with van der Waals surface area (Å²) in [6.07, 6.45) is 4.53. The van der Waals surface area contributed by atoms with E-state index >= 15 is 0 Å². The fraction of sp³-hybridized carbons (Fsp3) is 0.600. The molecule has 3 N–H and O–H groups in total. The number of aryl methyl sites for hydroxylation is 1. The molecule has 90 valence electrons. The summed E-state index contributed by atoms with van der Waals surface area (Å²) in [4.78, 5) is 11.8. The summed E-state index contributed by atoms with van der Waals surface area (Å²) in [7, 11) is 0. The first-order chi connectivity index (χ1) is 7.70. The van der Waals surface area contributed by atoms with E-state index in [9.17, 15) is 4.79 Å². The topological polar surface area (TPSA) is 72.9 Å². The molecule has 5 nitrogen and oxygen atoms in total. The molecular formula is C10H18N4OS. The maximum atomic E-state index is 11.8. The minimum absolute atomic E-state index is 0.141. The van der Waals surface area contributed by atoms with Crippen molar-refractivity contribution in [2.24, 2.45) is 0 Å². The molecule has 1 aromatic heterocycles. The van der Waals surface area contributed by atoms with Gasteiger partial charge in [-0.25, -0.2) is 0 Å². The average Bonchev–Trinajstić information content (AvgIpc) is 2.65. The molecule has 0 aliphatic rings. The molecule has 0 saturated carbocycles. The van der Waals surface area contributed by atoms with Crippen molar-refractivity contribution in [3.05, 3.63) is 11.9 Å². The van der Waals surface area contributed by atoms with Gasteiger partial charge in [-0.2, -0.15) is 16.9 Å². The van der Waals surface area contributed by atoms with Crippen LogP contribution in [0.4, 0.5) is 5.69 Å². The van der Waals surface area contributed by atoms with E-state index in [0.29, 0.717) is 24.5 Å². The summed E-state index contributed by atoms with van der Waals surface area (Å²) in [6.45, 7) is 3.25. The zero-order chi connectivity index (χ0) is 12.0. The number of hydrogen-bond donors (Lipinski definition) is 2. The summed E-state index contributed by atoms with van der Waals surface area (Å²) in [5, 5.41) is 6.87. The van der Waals surface area contributed by atoms with E-state index in [0.717, 1.165) is 12.2 Å². The van der Waals surface area contributed by atoms with Gasteiger partial charge in [0, 0.05) is 13.1 Å². The van der Waals surface area contributed by atoms with Crippen LogP contribution >= 0.6 is 11.8 Å². The molecule has 1 heterocycles. The van der Waals surface area contributed by atoms with Gasteiger partial charge in [-0.15, -0.1) is 0 Å². The van der Waals surface area contributed by atoms with Gasteiger partial charge >= 0.3 is 0 Å². The molecule has 0 saturated heterocycles. The van der Waals surface area contributed by atoms with Crippen molar-refractivity contribution < 1.29 is 4.79 Å². The number of thioether (sulfide) groups is 1. The van der Waals surface area contributed by atoms with Gasteiger partial charge in [-0.3, -0.25) is 9.48 Å². The van der Waals surface area contributed by atoms with E-state index in [1.165, 1.54) is 6.20 Å². The number of carbonyl (C=O) groups is 1. The van der Waals surface area contributed by atoms with E-state index in [1.54, 1.807) is 16.4 Å². The molecule has 0 aromatic carbocycles. The third-order valence-corrected chi connectivity index (χ3v) is 2.89. The Morgan fingerprint density at radius 2 is 2.44 bits per heavy atom. The molecule has 0 spiro atoms. The van der Waals surface area contributed by atoms with Gasteiger partial charge in [0.15, 0.2) is 0 Å². The SMILES string of the molecule is CCn1ncc(N)c1C(=O)NCCCSC. The predicted molar refractivity (Wildman–Crippen MR) is 67.6 cm³/mol. The summed E-state index contributed by atoms with van der Waals surface area (Å²) >= 11 is 1.77. The van der Waals surface area contributed by atoms with Gasteiger partial charge in [-0.05, 0) is 25.4 Å². The summed E-state index contributed by atoms with van der Waals surface area (Å²) in [5.41, 5.74) is 6.60. The number of nitrogens with one attached hydrogen (secondary N) is 1. The normalized spacial score (nSPS) is 10.4. The Balaban J connectivity index is 2.55. The van der Waals surface area contributed by atoms with Crippen molar-refractivity contribution >= 4 is 23.4 Å². The van der Waals surface area contributed by atoms with Crippen LogP contribution in [0, 0.1) is 0 Å². The first kappa shape index (κ1) is 12.9. The van der Waals surface area contributed by atoms with Crippen LogP contribution in [0.5, 0.6) is 0 Å². The van der Waals surface area contributed by atoms with Crippen LogP contribution in [0.25, 0.3) is 0 Å². The first-order valence-corrected chi connectivity index (χ1v) is 6.68. The van der Waals surface area contributed by atoms with Crippen LogP contribution in [0.15, 0.2) is 6.20 Å². The number of carbonyl (C=O) groups excluding carboxylic acids is 1. The number of hydrogen-bond acceptors (Lipinski definition) is 4. The highest BCUT2D eigenvalue weighted by Gasteiger charge is 2.14. The molecule has 0 aliphatic heterocycles. The van der Waals surface area contributed by atoms with E-state index in [4.69, 9.17) is 5.73 Å². The fourth-order valence-electron chi connectivity index (χ4n) is 1.39. The van der Waals surface area contributed by atoms with Crippen LogP contribution in [0.3, 0.4) is 0 Å². The molecule has 0 atom stereocenters. The van der Waals surface area contributed by atoms with Gasteiger partial charge in [0.05, 0.1) is 11.9 Å². The highest BCUT2D eigenvalue weighted by Crippen LogP contribution is 2.10. The van der Waals surface area contributed by atoms with Crippen LogP contribution < -0.4 is 11.1 Å². The Morgan fingerprint density at radius 3 is 3.06 bits per heavy atom. The van der Waals surface area contributed by atoms with Crippen molar-refractivity contribution in [2.75, 3.05) is 24.3 Å². The Bertz CT molecular complexity index is 351. The molecule has 0 fully saturated rings. The maximum Gasteiger partial charge on any atom is 0.271 e. The second kappa shape index (κ2) is 6.42. The molecule has 1 aromatic rings. The number of anilines is 1. The zero-order valence-corrected chi connectivity index (χ0v) is 10.5. The average molecular weight is 242 g/mol. The maximum absolute atomic E-state index is 11.8. The quantitative estimate of drug-likeness (QED) is 0.729. The second-order valence-electron chi connectivity index (χ2n) is 3.37. The van der Waals surface area contributed by atoms with Crippen molar-refractivity contribution in [2.45, 2.75) is 19.9 Å². The Morgan fingerprint density at radius 1 is 1.69 bits per heavy atom. The van der Waals surface area contributed by atoms with E-state index in [2.05, 4.69) is 10.4 Å². The van der Waals surface area contributed by atoms with Crippen LogP contribution in [0.2, 0.25) is 0 Å². The number of nitrogens with two attached hydrogens (primary N) is 1. The third-order valence-electron chi connectivity index (χ3n) is 2.19. The summed E-state index contributed by atoms with van der Waals surface area (Å²) in [6, 6.07) is 0. The lowest BCUT2D eigenvalue weighted by molar-refractivity contribution is 0.0944. The minimum Gasteiger partial charge on any atom is -0.396 e. The zero-order valence-electron chi connectivity index (χ0n) is 9.69. The molecule has 16 heavy (non-hydrogen) atoms. The minimum atomic E-state index is -0.141. The Hall–Kier alpha value is -1.17. The number of rotatable bonds is 6. The van der Waals surface area contributed by atoms with Gasteiger partial charge in [0.1, 0.15) is 5.69 Å². The van der Waals surface area contributed by atoms with Gasteiger partial charge in [0.2, 0.25) is 0 Å². The number of nitrogens with zero attached hydrogens (tertiary/aromatic N) is 2. The summed E-state index contributed by atoms with van der Waals surface area (Å²) < 4.78 is 1.61. The van der Waals surface area contributed by atoms with E-state index < -0.39 is 0 Å². The van der Waals surface area contributed by atoms with Crippen LogP contribution in [0.1, 0.15) is 23.8 Å². The fourth-order valence-corrected chi connectivity index (χ4v) is 1.82. The van der Waals surface area contributed by atoms with Gasteiger partial charge in [0.25, 0.3) is 5.91 Å². The van der Waals surface area contributed by atoms with Crippen molar-refractivity contribution in [3.8, 4) is 0 Å². The molecular weight excluding hydrogens is 224 g/mol. The lowest BCUT2D eigenvalue weighted by Gasteiger charge is -2.07. The molecule has 1 rings (SSSR count). The van der Waals surface area contributed by atoms with E-state index in [-0.39, 0.29) is 5.91 Å². The van der Waals surface area contributed by atoms with Crippen molar-refractivity contribution in [1.29, 1.82) is 0 Å². The van der Waals surface area contributed by atoms with Crippen molar-refractivity contribution in [3.63, 3.8) is 0 Å². The van der Waals surface area contributed by atoms with Gasteiger partial charge in [-0.1, -0.05) is 0 Å². The predicted octanol–water partition coefficient (Wildman–Crippen LogP) is 0.968. The largest absolute Gasteiger partial charge is 0.396 e. The molecule has 0 aliphatic carbocycles. The monoisotopic (exact) mass is 242 g/mol. The molecule has 0 bridgehead atoms. The standard InChI is InChI=1S/C10H18N4OS/c1-3-14-9(8(11)7-13-14)10(15)12-5-4-6-16-2/h7H,3-6,11H2,1-2H3,(H,12,15). The lowest BCUT2D eigenvalue weighted by atomic mass is 10.3.